The number of hydrogen-bond donors (Lipinski definition) is 0. The van der Waals surface area contributed by atoms with Crippen molar-refractivity contribution in [3.63, 3.8) is 0 Å². The number of aliphatic carboxylic acids is 1. The molecule has 0 aliphatic heterocycles. The summed E-state index contributed by atoms with van der Waals surface area (Å²) in [7, 11) is 0. The molecule has 3 rings (SSSR count). The van der Waals surface area contributed by atoms with Gasteiger partial charge in [-0.1, -0.05) is 59.8 Å². The largest absolute Gasteiger partial charge is 0.549 e. The van der Waals surface area contributed by atoms with Crippen LogP contribution in [0.4, 0.5) is 0 Å². The SMILES string of the molecule is CC(C)Oc1ccc(Cc2nnc(S[C@H](C)C(=O)[O-])n2Cc2ccccc2)cc1Cl. The molecule has 6 nitrogen and oxygen atoms in total. The van der Waals surface area contributed by atoms with E-state index in [-0.39, 0.29) is 6.10 Å². The van der Waals surface area contributed by atoms with Crippen LogP contribution in [0.15, 0.2) is 53.7 Å². The Morgan fingerprint density at radius 3 is 2.50 bits per heavy atom. The molecule has 2 aromatic carbocycles. The van der Waals surface area contributed by atoms with Gasteiger partial charge in [-0.2, -0.15) is 0 Å². The quantitative estimate of drug-likeness (QED) is 0.469. The average molecular weight is 445 g/mol. The molecule has 0 N–H and O–H groups in total. The molecule has 0 spiro atoms. The number of carbonyl (C=O) groups is 1. The molecule has 0 radical (unpaired) electrons. The van der Waals surface area contributed by atoms with E-state index in [1.807, 2.05) is 66.9 Å². The number of carboxylic acids is 1. The molecular weight excluding hydrogens is 422 g/mol. The maximum Gasteiger partial charge on any atom is 0.192 e. The highest BCUT2D eigenvalue weighted by molar-refractivity contribution is 8.00. The number of carbonyl (C=O) groups excluding carboxylic acids is 1. The van der Waals surface area contributed by atoms with Gasteiger partial charge in [-0.25, -0.2) is 0 Å². The van der Waals surface area contributed by atoms with E-state index in [1.54, 1.807) is 6.92 Å². The van der Waals surface area contributed by atoms with Gasteiger partial charge in [0.05, 0.1) is 23.6 Å². The fourth-order valence-electron chi connectivity index (χ4n) is 2.85. The first-order chi connectivity index (χ1) is 14.3. The lowest BCUT2D eigenvalue weighted by Crippen LogP contribution is -2.31. The molecular formula is C22H23ClN3O3S-. The van der Waals surface area contributed by atoms with Crippen LogP contribution in [0.3, 0.4) is 0 Å². The Morgan fingerprint density at radius 1 is 1.13 bits per heavy atom. The van der Waals surface area contributed by atoms with Gasteiger partial charge in [-0.3, -0.25) is 0 Å². The van der Waals surface area contributed by atoms with E-state index in [0.29, 0.717) is 28.9 Å². The third-order valence-corrected chi connectivity index (χ3v) is 5.67. The first kappa shape index (κ1) is 22.2. The Bertz CT molecular complexity index is 1010. The first-order valence-corrected chi connectivity index (χ1v) is 10.9. The number of rotatable bonds is 9. The number of carboxylic acid groups (broad SMARTS) is 1. The van der Waals surface area contributed by atoms with E-state index >= 15 is 0 Å². The monoisotopic (exact) mass is 444 g/mol. The highest BCUT2D eigenvalue weighted by atomic mass is 35.5. The van der Waals surface area contributed by atoms with Crippen LogP contribution in [-0.4, -0.2) is 32.1 Å². The van der Waals surface area contributed by atoms with E-state index in [4.69, 9.17) is 16.3 Å². The average Bonchev–Trinajstić information content (AvgIpc) is 3.05. The van der Waals surface area contributed by atoms with Crippen LogP contribution in [0.25, 0.3) is 0 Å². The zero-order valence-corrected chi connectivity index (χ0v) is 18.6. The predicted octanol–water partition coefficient (Wildman–Crippen LogP) is 3.59. The lowest BCUT2D eigenvalue weighted by atomic mass is 10.1. The van der Waals surface area contributed by atoms with E-state index < -0.39 is 11.2 Å². The summed E-state index contributed by atoms with van der Waals surface area (Å²) in [5, 5.41) is 20.1. The number of nitrogens with zero attached hydrogens (tertiary/aromatic N) is 3. The molecule has 3 aromatic rings. The summed E-state index contributed by atoms with van der Waals surface area (Å²) in [5.41, 5.74) is 2.03. The number of thioether (sulfide) groups is 1. The van der Waals surface area contributed by atoms with Gasteiger partial charge in [0.15, 0.2) is 5.16 Å². The van der Waals surface area contributed by atoms with Crippen LogP contribution in [0, 0.1) is 0 Å². The van der Waals surface area contributed by atoms with Crippen LogP contribution in [0.5, 0.6) is 5.75 Å². The van der Waals surface area contributed by atoms with Gasteiger partial charge >= 0.3 is 0 Å². The molecule has 0 fully saturated rings. The van der Waals surface area contributed by atoms with Gasteiger partial charge in [0.2, 0.25) is 0 Å². The summed E-state index contributed by atoms with van der Waals surface area (Å²) in [4.78, 5) is 11.2. The Labute approximate surface area is 185 Å². The van der Waals surface area contributed by atoms with Gasteiger partial charge in [-0.15, -0.1) is 10.2 Å². The molecule has 1 atom stereocenters. The fraction of sp³-hybridized carbons (Fsp3) is 0.318. The summed E-state index contributed by atoms with van der Waals surface area (Å²) < 4.78 is 7.63. The van der Waals surface area contributed by atoms with Crippen molar-refractivity contribution in [1.82, 2.24) is 14.8 Å². The number of hydrogen-bond acceptors (Lipinski definition) is 6. The summed E-state index contributed by atoms with van der Waals surface area (Å²) in [6.07, 6.45) is 0.537. The van der Waals surface area contributed by atoms with Gasteiger partial charge in [0.1, 0.15) is 11.6 Å². The van der Waals surface area contributed by atoms with Crippen molar-refractivity contribution in [3.8, 4) is 5.75 Å². The smallest absolute Gasteiger partial charge is 0.192 e. The van der Waals surface area contributed by atoms with E-state index in [1.165, 1.54) is 0 Å². The van der Waals surface area contributed by atoms with Crippen molar-refractivity contribution in [1.29, 1.82) is 0 Å². The number of benzene rings is 2. The van der Waals surface area contributed by atoms with E-state index in [9.17, 15) is 9.90 Å². The summed E-state index contributed by atoms with van der Waals surface area (Å²) in [5.74, 6) is 0.226. The number of halogens is 1. The second-order valence-corrected chi connectivity index (χ2v) is 8.87. The van der Waals surface area contributed by atoms with E-state index in [2.05, 4.69) is 10.2 Å². The normalized spacial score (nSPS) is 12.2. The Kier molecular flexibility index (Phi) is 7.39. The molecule has 1 aromatic heterocycles. The third-order valence-electron chi connectivity index (χ3n) is 4.31. The van der Waals surface area contributed by atoms with Crippen LogP contribution in [-0.2, 0) is 17.8 Å². The lowest BCUT2D eigenvalue weighted by molar-refractivity contribution is -0.304. The van der Waals surface area contributed by atoms with Crippen molar-refractivity contribution in [3.05, 3.63) is 70.5 Å². The predicted molar refractivity (Wildman–Crippen MR) is 116 cm³/mol. The molecule has 0 aliphatic rings. The molecule has 0 unspecified atom stereocenters. The molecule has 1 heterocycles. The Balaban J connectivity index is 1.89. The maximum atomic E-state index is 11.2. The molecule has 0 saturated heterocycles. The van der Waals surface area contributed by atoms with Crippen molar-refractivity contribution in [2.75, 3.05) is 0 Å². The Morgan fingerprint density at radius 2 is 1.87 bits per heavy atom. The minimum Gasteiger partial charge on any atom is -0.549 e. The number of ether oxygens (including phenoxy) is 1. The van der Waals surface area contributed by atoms with Gasteiger partial charge in [-0.05, 0) is 44.0 Å². The van der Waals surface area contributed by atoms with Crippen molar-refractivity contribution in [2.24, 2.45) is 0 Å². The standard InChI is InChI=1S/C22H24ClN3O3S/c1-14(2)29-19-10-9-17(11-18(19)23)12-20-24-25-22(30-15(3)21(27)28)26(20)13-16-7-5-4-6-8-16/h4-11,14-15H,12-13H2,1-3H3,(H,27,28)/p-1/t15-/m1/s1. The van der Waals surface area contributed by atoms with Crippen LogP contribution in [0.2, 0.25) is 5.02 Å². The highest BCUT2D eigenvalue weighted by Gasteiger charge is 2.17. The molecule has 0 saturated carbocycles. The first-order valence-electron chi connectivity index (χ1n) is 9.62. The van der Waals surface area contributed by atoms with Crippen molar-refractivity contribution in [2.45, 2.75) is 50.2 Å². The Hall–Kier alpha value is -2.51. The zero-order chi connectivity index (χ0) is 21.7. The topological polar surface area (TPSA) is 80.1 Å². The van der Waals surface area contributed by atoms with Crippen LogP contribution < -0.4 is 9.84 Å². The zero-order valence-electron chi connectivity index (χ0n) is 17.0. The van der Waals surface area contributed by atoms with Crippen LogP contribution in [0.1, 0.15) is 37.7 Å². The summed E-state index contributed by atoms with van der Waals surface area (Å²) in [6.45, 7) is 6.01. The molecule has 8 heteroatoms. The third kappa shape index (κ3) is 5.77. The molecule has 158 valence electrons. The minimum absolute atomic E-state index is 0.0348. The van der Waals surface area contributed by atoms with Crippen LogP contribution >= 0.6 is 23.4 Å². The molecule has 0 amide bonds. The molecule has 0 aliphatic carbocycles. The molecule has 0 bridgehead atoms. The van der Waals surface area contributed by atoms with Gasteiger partial charge < -0.3 is 19.2 Å². The lowest BCUT2D eigenvalue weighted by Gasteiger charge is -2.15. The van der Waals surface area contributed by atoms with Gasteiger partial charge in [0.25, 0.3) is 0 Å². The summed E-state index contributed by atoms with van der Waals surface area (Å²) in [6, 6.07) is 15.5. The van der Waals surface area contributed by atoms with Gasteiger partial charge in [0, 0.05) is 11.7 Å². The fourth-order valence-corrected chi connectivity index (χ4v) is 3.90. The minimum atomic E-state index is -1.14. The molecule has 30 heavy (non-hydrogen) atoms. The maximum absolute atomic E-state index is 11.2. The highest BCUT2D eigenvalue weighted by Crippen LogP contribution is 2.28. The van der Waals surface area contributed by atoms with Crippen molar-refractivity contribution < 1.29 is 14.6 Å². The summed E-state index contributed by atoms with van der Waals surface area (Å²) >= 11 is 7.50. The second-order valence-electron chi connectivity index (χ2n) is 7.16. The van der Waals surface area contributed by atoms with Crippen molar-refractivity contribution >= 4 is 29.3 Å². The second kappa shape index (κ2) is 10.00. The number of aromatic nitrogens is 3. The van der Waals surface area contributed by atoms with E-state index in [0.717, 1.165) is 28.7 Å².